The second kappa shape index (κ2) is 8.89. The predicted octanol–water partition coefficient (Wildman–Crippen LogP) is 2.14. The number of halogens is 2. The van der Waals surface area contributed by atoms with E-state index in [1.165, 1.54) is 4.90 Å². The van der Waals surface area contributed by atoms with Crippen LogP contribution in [-0.2, 0) is 9.53 Å². The molecule has 0 aromatic heterocycles. The summed E-state index contributed by atoms with van der Waals surface area (Å²) in [5.41, 5.74) is -0.0402. The zero-order valence-electron chi connectivity index (χ0n) is 16.4. The first kappa shape index (κ1) is 21.2. The minimum absolute atomic E-state index is 0.106. The Labute approximate surface area is 173 Å². The first-order valence-corrected chi connectivity index (χ1v) is 9.90. The van der Waals surface area contributed by atoms with Crippen molar-refractivity contribution in [3.05, 3.63) is 23.8 Å². The molecular formula is C19H24F2N4O3S. The molecule has 0 radical (unpaired) electrons. The molecule has 7 nitrogen and oxygen atoms in total. The van der Waals surface area contributed by atoms with E-state index in [0.717, 1.165) is 18.5 Å². The van der Waals surface area contributed by atoms with Gasteiger partial charge in [-0.1, -0.05) is 26.1 Å². The summed E-state index contributed by atoms with van der Waals surface area (Å²) in [6.45, 7) is 5.88. The van der Waals surface area contributed by atoms with Gasteiger partial charge in [0.1, 0.15) is 11.8 Å². The molecule has 0 spiro atoms. The maximum atomic E-state index is 14.7. The Morgan fingerprint density at radius 1 is 1.28 bits per heavy atom. The van der Waals surface area contributed by atoms with Gasteiger partial charge in [0.05, 0.1) is 23.8 Å². The zero-order valence-corrected chi connectivity index (χ0v) is 17.2. The Bertz CT molecular complexity index is 777. The topological polar surface area (TPSA) is 65.1 Å². The third kappa shape index (κ3) is 4.75. The highest BCUT2D eigenvalue weighted by molar-refractivity contribution is 7.80. The molecule has 29 heavy (non-hydrogen) atoms. The largest absolute Gasteiger partial charge is 0.442 e. The van der Waals surface area contributed by atoms with Gasteiger partial charge in [0.25, 0.3) is 0 Å². The van der Waals surface area contributed by atoms with E-state index in [0.29, 0.717) is 37.7 Å². The molecule has 2 aliphatic heterocycles. The number of anilines is 2. The molecule has 1 N–H and O–H groups in total. The van der Waals surface area contributed by atoms with Crippen LogP contribution in [0.4, 0.5) is 25.0 Å². The second-order valence-corrected chi connectivity index (χ2v) is 7.84. The Morgan fingerprint density at radius 3 is 2.45 bits per heavy atom. The molecule has 2 fully saturated rings. The van der Waals surface area contributed by atoms with Gasteiger partial charge in [-0.05, 0) is 0 Å². The van der Waals surface area contributed by atoms with E-state index in [1.807, 2.05) is 13.8 Å². The monoisotopic (exact) mass is 426 g/mol. The molecule has 10 heteroatoms. The number of rotatable bonds is 6. The molecule has 0 saturated carbocycles. The number of carbonyl (C=O) groups excluding carboxylic acids is 2. The molecule has 1 aromatic rings. The average molecular weight is 426 g/mol. The maximum Gasteiger partial charge on any atom is 0.414 e. The van der Waals surface area contributed by atoms with Crippen molar-refractivity contribution >= 4 is 41.1 Å². The molecule has 0 aliphatic carbocycles. The van der Waals surface area contributed by atoms with Gasteiger partial charge >= 0.3 is 6.09 Å². The first-order valence-electron chi connectivity index (χ1n) is 9.49. The van der Waals surface area contributed by atoms with Gasteiger partial charge in [0, 0.05) is 44.2 Å². The van der Waals surface area contributed by atoms with Crippen molar-refractivity contribution in [2.24, 2.45) is 5.92 Å². The fourth-order valence-corrected chi connectivity index (χ4v) is 3.40. The van der Waals surface area contributed by atoms with Crippen LogP contribution in [0.15, 0.2) is 12.1 Å². The minimum atomic E-state index is -0.755. The van der Waals surface area contributed by atoms with Crippen molar-refractivity contribution in [2.75, 3.05) is 49.1 Å². The fourth-order valence-electron chi connectivity index (χ4n) is 3.32. The van der Waals surface area contributed by atoms with Gasteiger partial charge in [-0.15, -0.1) is 0 Å². The number of benzene rings is 1. The third-order valence-corrected chi connectivity index (χ3v) is 5.61. The third-order valence-electron chi connectivity index (χ3n) is 5.00. The molecule has 2 heterocycles. The van der Waals surface area contributed by atoms with E-state index < -0.39 is 23.8 Å². The van der Waals surface area contributed by atoms with Crippen LogP contribution < -0.4 is 15.1 Å². The highest BCUT2D eigenvalue weighted by Gasteiger charge is 2.34. The minimum Gasteiger partial charge on any atom is -0.442 e. The van der Waals surface area contributed by atoms with Gasteiger partial charge in [-0.25, -0.2) is 13.6 Å². The summed E-state index contributed by atoms with van der Waals surface area (Å²) < 4.78 is 34.7. The van der Waals surface area contributed by atoms with Crippen molar-refractivity contribution in [3.63, 3.8) is 0 Å². The van der Waals surface area contributed by atoms with Crippen LogP contribution >= 0.6 is 12.2 Å². The van der Waals surface area contributed by atoms with Crippen LogP contribution in [0.3, 0.4) is 0 Å². The molecule has 1 aromatic carbocycles. The number of amides is 2. The van der Waals surface area contributed by atoms with Gasteiger partial charge in [0.2, 0.25) is 6.41 Å². The lowest BCUT2D eigenvalue weighted by Crippen LogP contribution is -2.46. The van der Waals surface area contributed by atoms with Crippen LogP contribution in [0, 0.1) is 17.6 Å². The Hall–Kier alpha value is -2.49. The van der Waals surface area contributed by atoms with E-state index in [2.05, 4.69) is 5.32 Å². The molecule has 1 atom stereocenters. The first-order chi connectivity index (χ1) is 13.8. The summed E-state index contributed by atoms with van der Waals surface area (Å²) in [7, 11) is 0. The molecule has 2 amide bonds. The lowest BCUT2D eigenvalue weighted by molar-refractivity contribution is -0.118. The molecule has 3 rings (SSSR count). The Morgan fingerprint density at radius 2 is 1.90 bits per heavy atom. The summed E-state index contributed by atoms with van der Waals surface area (Å²) in [6.07, 6.45) is -0.398. The standard InChI is InChI=1S/C19H24F2N4O3S/c1-12(2)18(29)22-9-14-10-25(19(27)28-14)13-7-15(20)17(16(21)8-13)24-5-3-23(11-26)4-6-24/h7-8,11-12,14H,3-6,9-10H2,1-2H3,(H,22,29)/t14-/m0/s1. The SMILES string of the molecule is CC(C)C(=S)NC[C@H]1CN(c2cc(F)c(N3CCN(C=O)CC3)c(F)c2)C(=O)O1. The van der Waals surface area contributed by atoms with Crippen LogP contribution in [-0.4, -0.2) is 67.8 Å². The average Bonchev–Trinajstić information content (AvgIpc) is 3.06. The van der Waals surface area contributed by atoms with Crippen LogP contribution in [0.2, 0.25) is 0 Å². The normalized spacial score (nSPS) is 19.6. The fraction of sp³-hybridized carbons (Fsp3) is 0.526. The summed E-state index contributed by atoms with van der Waals surface area (Å²) in [4.78, 5) is 28.0. The molecule has 2 saturated heterocycles. The van der Waals surface area contributed by atoms with Crippen molar-refractivity contribution < 1.29 is 23.1 Å². The predicted molar refractivity (Wildman–Crippen MR) is 109 cm³/mol. The summed E-state index contributed by atoms with van der Waals surface area (Å²) in [5, 5.41) is 3.04. The number of hydrogen-bond acceptors (Lipinski definition) is 5. The van der Waals surface area contributed by atoms with Gasteiger partial charge in [-0.3, -0.25) is 9.69 Å². The molecule has 0 unspecified atom stereocenters. The number of nitrogens with one attached hydrogen (secondary N) is 1. The Balaban J connectivity index is 1.69. The zero-order chi connectivity index (χ0) is 21.1. The number of carbonyl (C=O) groups is 2. The van der Waals surface area contributed by atoms with Gasteiger partial charge in [-0.2, -0.15) is 0 Å². The summed E-state index contributed by atoms with van der Waals surface area (Å²) in [5.74, 6) is -1.34. The van der Waals surface area contributed by atoms with E-state index in [-0.39, 0.29) is 23.8 Å². The quantitative estimate of drug-likeness (QED) is 0.556. The van der Waals surface area contributed by atoms with Gasteiger partial charge < -0.3 is 19.9 Å². The maximum absolute atomic E-state index is 14.7. The Kier molecular flexibility index (Phi) is 6.51. The van der Waals surface area contributed by atoms with Crippen molar-refractivity contribution in [1.29, 1.82) is 0 Å². The number of ether oxygens (including phenoxy) is 1. The van der Waals surface area contributed by atoms with E-state index in [4.69, 9.17) is 17.0 Å². The number of cyclic esters (lactones) is 1. The van der Waals surface area contributed by atoms with Crippen LogP contribution in [0.5, 0.6) is 0 Å². The van der Waals surface area contributed by atoms with E-state index in [9.17, 15) is 18.4 Å². The molecule has 0 bridgehead atoms. The highest BCUT2D eigenvalue weighted by Crippen LogP contribution is 2.31. The van der Waals surface area contributed by atoms with Crippen molar-refractivity contribution in [1.82, 2.24) is 10.2 Å². The highest BCUT2D eigenvalue weighted by atomic mass is 32.1. The second-order valence-electron chi connectivity index (χ2n) is 7.40. The van der Waals surface area contributed by atoms with Crippen LogP contribution in [0.1, 0.15) is 13.8 Å². The summed E-state index contributed by atoms with van der Waals surface area (Å²) in [6, 6.07) is 2.28. The molecular weight excluding hydrogens is 402 g/mol. The lowest BCUT2D eigenvalue weighted by atomic mass is 10.2. The smallest absolute Gasteiger partial charge is 0.414 e. The van der Waals surface area contributed by atoms with Gasteiger partial charge in [0.15, 0.2) is 11.6 Å². The van der Waals surface area contributed by atoms with E-state index in [1.54, 1.807) is 9.80 Å². The molecule has 2 aliphatic rings. The van der Waals surface area contributed by atoms with E-state index >= 15 is 0 Å². The summed E-state index contributed by atoms with van der Waals surface area (Å²) >= 11 is 5.20. The lowest BCUT2D eigenvalue weighted by Gasteiger charge is -2.34. The molecule has 158 valence electrons. The van der Waals surface area contributed by atoms with Crippen molar-refractivity contribution in [2.45, 2.75) is 20.0 Å². The number of piperazine rings is 1. The number of nitrogens with zero attached hydrogens (tertiary/aromatic N) is 3. The number of thiocarbonyl (C=S) groups is 1. The van der Waals surface area contributed by atoms with Crippen LogP contribution in [0.25, 0.3) is 0 Å². The number of hydrogen-bond donors (Lipinski definition) is 1. The van der Waals surface area contributed by atoms with Crippen molar-refractivity contribution in [3.8, 4) is 0 Å².